The molecule has 0 atom stereocenters. The number of rotatable bonds is 8. The Kier molecular flexibility index (Phi) is 7.12. The highest BCUT2D eigenvalue weighted by Crippen LogP contribution is 2.35. The number of halogens is 3. The molecule has 33 heavy (non-hydrogen) atoms. The summed E-state index contributed by atoms with van der Waals surface area (Å²) in [6, 6.07) is 8.43. The van der Waals surface area contributed by atoms with Gasteiger partial charge < -0.3 is 14.6 Å². The van der Waals surface area contributed by atoms with Crippen LogP contribution < -0.4 is 9.47 Å². The van der Waals surface area contributed by atoms with E-state index in [-0.39, 0.29) is 18.8 Å². The molecule has 0 spiro atoms. The van der Waals surface area contributed by atoms with Crippen molar-refractivity contribution in [3.8, 4) is 22.1 Å². The Morgan fingerprint density at radius 3 is 2.39 bits per heavy atom. The van der Waals surface area contributed by atoms with Crippen LogP contribution >= 0.6 is 11.3 Å². The molecule has 1 aromatic heterocycles. The van der Waals surface area contributed by atoms with Crippen LogP contribution in [0.25, 0.3) is 10.6 Å². The molecule has 0 aliphatic rings. The molecule has 3 rings (SSSR count). The molecule has 9 heteroatoms. The van der Waals surface area contributed by atoms with Crippen molar-refractivity contribution in [1.29, 1.82) is 0 Å². The van der Waals surface area contributed by atoms with Gasteiger partial charge in [0.1, 0.15) is 35.3 Å². The van der Waals surface area contributed by atoms with E-state index in [2.05, 4.69) is 11.6 Å². The smallest absolute Gasteiger partial charge is 0.416 e. The normalized spacial score (nSPS) is 11.3. The summed E-state index contributed by atoms with van der Waals surface area (Å²) in [6.07, 6.45) is -4.69. The average Bonchev–Trinajstić information content (AvgIpc) is 3.09. The van der Waals surface area contributed by atoms with Gasteiger partial charge in [-0.2, -0.15) is 13.2 Å². The summed E-state index contributed by atoms with van der Waals surface area (Å²) < 4.78 is 50.0. The van der Waals surface area contributed by atoms with Crippen LogP contribution in [0.1, 0.15) is 33.7 Å². The highest BCUT2D eigenvalue weighted by atomic mass is 32.1. The molecule has 2 aromatic carbocycles. The zero-order valence-corrected chi connectivity index (χ0v) is 19.1. The Morgan fingerprint density at radius 2 is 1.79 bits per heavy atom. The van der Waals surface area contributed by atoms with E-state index in [1.165, 1.54) is 23.5 Å². The molecule has 3 aromatic rings. The number of carboxylic acid groups (broad SMARTS) is 1. The second kappa shape index (κ2) is 9.66. The molecule has 0 saturated carbocycles. The fourth-order valence-corrected chi connectivity index (χ4v) is 4.11. The van der Waals surface area contributed by atoms with Gasteiger partial charge in [-0.3, -0.25) is 4.79 Å². The quantitative estimate of drug-likeness (QED) is 0.366. The second-order valence-corrected chi connectivity index (χ2v) is 8.52. The Hall–Kier alpha value is -3.33. The molecule has 0 unspecified atom stereocenters. The summed E-state index contributed by atoms with van der Waals surface area (Å²) in [5, 5.41) is 9.49. The van der Waals surface area contributed by atoms with Gasteiger partial charge in [-0.25, -0.2) is 4.98 Å². The molecule has 174 valence electrons. The van der Waals surface area contributed by atoms with Gasteiger partial charge >= 0.3 is 12.1 Å². The number of carbonyl (C=O) groups is 1. The Labute approximate surface area is 193 Å². The monoisotopic (exact) mass is 477 g/mol. The number of aromatic nitrogens is 1. The summed E-state index contributed by atoms with van der Waals surface area (Å²) in [4.78, 5) is 16.2. The number of alkyl halides is 3. The largest absolute Gasteiger partial charge is 0.487 e. The van der Waals surface area contributed by atoms with Crippen LogP contribution in [0.15, 0.2) is 48.7 Å². The summed E-state index contributed by atoms with van der Waals surface area (Å²) in [5.41, 5.74) is 2.19. The molecule has 1 N–H and O–H groups in total. The first kappa shape index (κ1) is 24.3. The van der Waals surface area contributed by atoms with E-state index < -0.39 is 17.7 Å². The molecular weight excluding hydrogens is 455 g/mol. The molecule has 0 saturated heterocycles. The van der Waals surface area contributed by atoms with Gasteiger partial charge in [0.15, 0.2) is 0 Å². The van der Waals surface area contributed by atoms with E-state index in [9.17, 15) is 18.0 Å². The minimum Gasteiger partial charge on any atom is -0.487 e. The maximum Gasteiger partial charge on any atom is 0.416 e. The zero-order chi connectivity index (χ0) is 24.3. The van der Waals surface area contributed by atoms with E-state index in [1.807, 2.05) is 13.8 Å². The third kappa shape index (κ3) is 5.92. The number of nitrogens with zero attached hydrogens (tertiary/aromatic N) is 1. The first-order valence-electron chi connectivity index (χ1n) is 9.90. The van der Waals surface area contributed by atoms with Crippen molar-refractivity contribution >= 4 is 17.3 Å². The Bertz CT molecular complexity index is 1180. The highest BCUT2D eigenvalue weighted by molar-refractivity contribution is 7.15. The van der Waals surface area contributed by atoms with Gasteiger partial charge in [0.2, 0.25) is 0 Å². The molecule has 0 fully saturated rings. The lowest BCUT2D eigenvalue weighted by atomic mass is 10.1. The number of benzene rings is 2. The predicted molar refractivity (Wildman–Crippen MR) is 120 cm³/mol. The molecule has 0 bridgehead atoms. The standard InChI is InChI=1S/C24H22F3NO4S/c1-13-5-10-19(32-14(2)11-21(29)30)15(3)22(13)31-12-20-16(4)28-23(33-20)17-6-8-18(9-7-17)24(25,26)27/h5-10H,2,11-12H2,1,3-4H3,(H,29,30). The first-order valence-corrected chi connectivity index (χ1v) is 10.7. The van der Waals surface area contributed by atoms with Crippen LogP contribution in [0.2, 0.25) is 0 Å². The summed E-state index contributed by atoms with van der Waals surface area (Å²) in [5.74, 6) is 0.124. The average molecular weight is 478 g/mol. The first-order chi connectivity index (χ1) is 15.5. The maximum atomic E-state index is 12.8. The Morgan fingerprint density at radius 1 is 1.12 bits per heavy atom. The molecule has 5 nitrogen and oxygen atoms in total. The van der Waals surface area contributed by atoms with Crippen molar-refractivity contribution in [2.45, 2.75) is 40.0 Å². The van der Waals surface area contributed by atoms with E-state index >= 15 is 0 Å². The molecule has 0 aliphatic carbocycles. The number of aryl methyl sites for hydroxylation is 2. The van der Waals surface area contributed by atoms with Gasteiger partial charge in [-0.05, 0) is 44.5 Å². The van der Waals surface area contributed by atoms with Crippen molar-refractivity contribution in [2.24, 2.45) is 0 Å². The zero-order valence-electron chi connectivity index (χ0n) is 18.2. The second-order valence-electron chi connectivity index (χ2n) is 7.44. The van der Waals surface area contributed by atoms with Gasteiger partial charge in [0.25, 0.3) is 0 Å². The number of aliphatic carboxylic acids is 1. The van der Waals surface area contributed by atoms with Crippen molar-refractivity contribution in [2.75, 3.05) is 0 Å². The third-order valence-corrected chi connectivity index (χ3v) is 6.04. The number of carboxylic acids is 1. The maximum absolute atomic E-state index is 12.8. The van der Waals surface area contributed by atoms with Gasteiger partial charge in [0.05, 0.1) is 16.1 Å². The van der Waals surface area contributed by atoms with E-state index in [4.69, 9.17) is 14.6 Å². The van der Waals surface area contributed by atoms with Gasteiger partial charge in [-0.1, -0.05) is 24.8 Å². The fourth-order valence-electron chi connectivity index (χ4n) is 3.13. The summed E-state index contributed by atoms with van der Waals surface area (Å²) in [7, 11) is 0. The van der Waals surface area contributed by atoms with E-state index in [0.717, 1.165) is 28.3 Å². The van der Waals surface area contributed by atoms with Crippen LogP contribution in [-0.4, -0.2) is 16.1 Å². The van der Waals surface area contributed by atoms with Crippen molar-refractivity contribution < 1.29 is 32.5 Å². The number of ether oxygens (including phenoxy) is 2. The number of thiazole rings is 1. The van der Waals surface area contributed by atoms with Crippen LogP contribution in [0.3, 0.4) is 0 Å². The lowest BCUT2D eigenvalue weighted by Gasteiger charge is -2.16. The minimum atomic E-state index is -4.38. The van der Waals surface area contributed by atoms with E-state index in [1.54, 1.807) is 19.1 Å². The topological polar surface area (TPSA) is 68.7 Å². The SMILES string of the molecule is C=C(CC(=O)O)Oc1ccc(C)c(OCc2sc(-c3ccc(C(F)(F)F)cc3)nc2C)c1C. The van der Waals surface area contributed by atoms with Crippen molar-refractivity contribution in [1.82, 2.24) is 4.98 Å². The van der Waals surface area contributed by atoms with Crippen molar-refractivity contribution in [3.63, 3.8) is 0 Å². The highest BCUT2D eigenvalue weighted by Gasteiger charge is 2.30. The molecule has 0 amide bonds. The minimum absolute atomic E-state index is 0.111. The van der Waals surface area contributed by atoms with Gasteiger partial charge in [0, 0.05) is 11.1 Å². The van der Waals surface area contributed by atoms with Crippen LogP contribution in [-0.2, 0) is 17.6 Å². The van der Waals surface area contributed by atoms with Gasteiger partial charge in [-0.15, -0.1) is 11.3 Å². The fraction of sp³-hybridized carbons (Fsp3) is 0.250. The molecule has 0 aliphatic heterocycles. The lowest BCUT2D eigenvalue weighted by Crippen LogP contribution is -2.04. The van der Waals surface area contributed by atoms with Crippen LogP contribution in [0, 0.1) is 20.8 Å². The third-order valence-electron chi connectivity index (χ3n) is 4.86. The molecular formula is C24H22F3NO4S. The summed E-state index contributed by atoms with van der Waals surface area (Å²) >= 11 is 1.35. The van der Waals surface area contributed by atoms with Crippen molar-refractivity contribution in [3.05, 3.63) is 76.0 Å². The number of hydrogen-bond donors (Lipinski definition) is 1. The van der Waals surface area contributed by atoms with Crippen LogP contribution in [0.5, 0.6) is 11.5 Å². The molecule has 1 heterocycles. The lowest BCUT2D eigenvalue weighted by molar-refractivity contribution is -0.138. The summed E-state index contributed by atoms with van der Waals surface area (Å²) in [6.45, 7) is 9.34. The van der Waals surface area contributed by atoms with Crippen LogP contribution in [0.4, 0.5) is 13.2 Å². The molecule has 0 radical (unpaired) electrons. The number of hydrogen-bond acceptors (Lipinski definition) is 5. The predicted octanol–water partition coefficient (Wildman–Crippen LogP) is 6.70. The Balaban J connectivity index is 1.76. The van der Waals surface area contributed by atoms with E-state index in [0.29, 0.717) is 27.6 Å².